The largest absolute Gasteiger partial charge is 0.491 e. The SMILES string of the molecule is CCCCCCCCCCCCCCCOc1ccc2ccccc2c1N=Nc1ccc(C)cc1C. The van der Waals surface area contributed by atoms with E-state index in [0.29, 0.717) is 0 Å². The Bertz CT molecular complexity index is 1070. The van der Waals surface area contributed by atoms with Gasteiger partial charge in [-0.05, 0) is 43.4 Å². The number of fused-ring (bicyclic) bond motifs is 1. The minimum Gasteiger partial charge on any atom is -0.491 e. The molecule has 0 N–H and O–H groups in total. The Labute approximate surface area is 219 Å². The third-order valence-corrected chi connectivity index (χ3v) is 6.98. The summed E-state index contributed by atoms with van der Waals surface area (Å²) < 4.78 is 6.23. The van der Waals surface area contributed by atoms with E-state index in [1.54, 1.807) is 0 Å². The van der Waals surface area contributed by atoms with E-state index in [-0.39, 0.29) is 0 Å². The summed E-state index contributed by atoms with van der Waals surface area (Å²) in [5, 5.41) is 11.5. The highest BCUT2D eigenvalue weighted by Gasteiger charge is 2.09. The summed E-state index contributed by atoms with van der Waals surface area (Å²) in [7, 11) is 0. The quantitative estimate of drug-likeness (QED) is 0.138. The minimum absolute atomic E-state index is 0.724. The molecule has 194 valence electrons. The van der Waals surface area contributed by atoms with Crippen LogP contribution in [-0.4, -0.2) is 6.61 Å². The lowest BCUT2D eigenvalue weighted by Crippen LogP contribution is -1.98. The van der Waals surface area contributed by atoms with Crippen molar-refractivity contribution in [1.29, 1.82) is 0 Å². The fourth-order valence-corrected chi connectivity index (χ4v) is 4.78. The summed E-state index contributed by atoms with van der Waals surface area (Å²) in [6.07, 6.45) is 17.6. The van der Waals surface area contributed by atoms with Gasteiger partial charge in [-0.2, -0.15) is 5.11 Å². The molecule has 0 atom stereocenters. The van der Waals surface area contributed by atoms with Crippen LogP contribution < -0.4 is 4.74 Å². The Balaban J connectivity index is 1.43. The van der Waals surface area contributed by atoms with E-state index in [1.165, 1.54) is 82.6 Å². The van der Waals surface area contributed by atoms with Crippen molar-refractivity contribution in [2.75, 3.05) is 6.61 Å². The first-order chi connectivity index (χ1) is 17.7. The van der Waals surface area contributed by atoms with Gasteiger partial charge in [-0.25, -0.2) is 0 Å². The summed E-state index contributed by atoms with van der Waals surface area (Å²) in [6.45, 7) is 7.19. The highest BCUT2D eigenvalue weighted by molar-refractivity contribution is 5.95. The molecule has 0 saturated carbocycles. The molecule has 0 fully saturated rings. The van der Waals surface area contributed by atoms with Gasteiger partial charge < -0.3 is 4.74 Å². The standard InChI is InChI=1S/C33H46N2O/c1-4-5-6-7-8-9-10-11-12-13-14-15-18-25-36-32-24-22-29-19-16-17-20-30(29)33(32)35-34-31-23-21-27(2)26-28(31)3/h16-17,19-24,26H,4-15,18,25H2,1-3H3. The van der Waals surface area contributed by atoms with Crippen LogP contribution in [0.15, 0.2) is 64.8 Å². The first-order valence-corrected chi connectivity index (χ1v) is 14.3. The predicted molar refractivity (Wildman–Crippen MR) is 155 cm³/mol. The smallest absolute Gasteiger partial charge is 0.147 e. The van der Waals surface area contributed by atoms with E-state index in [9.17, 15) is 0 Å². The van der Waals surface area contributed by atoms with Crippen molar-refractivity contribution in [3.8, 4) is 5.75 Å². The van der Waals surface area contributed by atoms with Gasteiger partial charge >= 0.3 is 0 Å². The van der Waals surface area contributed by atoms with E-state index in [0.717, 1.165) is 46.5 Å². The molecule has 0 heterocycles. The number of unbranched alkanes of at least 4 members (excludes halogenated alkanes) is 12. The molecule has 0 radical (unpaired) electrons. The number of rotatable bonds is 17. The van der Waals surface area contributed by atoms with Gasteiger partial charge in [0.05, 0.1) is 12.3 Å². The van der Waals surface area contributed by atoms with Gasteiger partial charge in [-0.15, -0.1) is 5.11 Å². The molecule has 0 unspecified atom stereocenters. The number of nitrogens with zero attached hydrogens (tertiary/aromatic N) is 2. The second-order valence-corrected chi connectivity index (χ2v) is 10.2. The maximum absolute atomic E-state index is 6.23. The van der Waals surface area contributed by atoms with Gasteiger partial charge in [0.15, 0.2) is 0 Å². The average molecular weight is 487 g/mol. The molecule has 3 aromatic carbocycles. The van der Waals surface area contributed by atoms with Crippen LogP contribution in [0.2, 0.25) is 0 Å². The van der Waals surface area contributed by atoms with Crippen molar-refractivity contribution in [2.45, 2.75) is 104 Å². The normalized spacial score (nSPS) is 11.5. The molecule has 3 aromatic rings. The number of ether oxygens (including phenoxy) is 1. The molecule has 0 saturated heterocycles. The summed E-state index contributed by atoms with van der Waals surface area (Å²) in [4.78, 5) is 0. The predicted octanol–water partition coefficient (Wildman–Crippen LogP) is 11.3. The maximum Gasteiger partial charge on any atom is 0.147 e. The number of hydrogen-bond acceptors (Lipinski definition) is 3. The van der Waals surface area contributed by atoms with E-state index in [1.807, 2.05) is 12.1 Å². The molecule has 3 heteroatoms. The maximum atomic E-state index is 6.23. The lowest BCUT2D eigenvalue weighted by atomic mass is 10.0. The van der Waals surface area contributed by atoms with Crippen molar-refractivity contribution in [2.24, 2.45) is 10.2 Å². The molecule has 0 aliphatic rings. The minimum atomic E-state index is 0.724. The number of aryl methyl sites for hydroxylation is 2. The Morgan fingerprint density at radius 3 is 1.94 bits per heavy atom. The van der Waals surface area contributed by atoms with Crippen LogP contribution in [0.5, 0.6) is 5.75 Å². The van der Waals surface area contributed by atoms with Gasteiger partial charge in [0.25, 0.3) is 0 Å². The number of benzene rings is 3. The zero-order chi connectivity index (χ0) is 25.4. The molecule has 0 amide bonds. The zero-order valence-electron chi connectivity index (χ0n) is 22.9. The van der Waals surface area contributed by atoms with Gasteiger partial charge in [0, 0.05) is 5.39 Å². The zero-order valence-corrected chi connectivity index (χ0v) is 22.9. The van der Waals surface area contributed by atoms with Crippen molar-refractivity contribution in [3.63, 3.8) is 0 Å². The van der Waals surface area contributed by atoms with Crippen LogP contribution >= 0.6 is 0 Å². The van der Waals surface area contributed by atoms with Crippen LogP contribution in [0.4, 0.5) is 11.4 Å². The van der Waals surface area contributed by atoms with Crippen LogP contribution in [0.25, 0.3) is 10.8 Å². The van der Waals surface area contributed by atoms with Gasteiger partial charge in [0.2, 0.25) is 0 Å². The van der Waals surface area contributed by atoms with E-state index in [2.05, 4.69) is 73.5 Å². The topological polar surface area (TPSA) is 34.0 Å². The Hall–Kier alpha value is -2.68. The molecule has 0 aliphatic carbocycles. The first kappa shape index (κ1) is 27.9. The average Bonchev–Trinajstić information content (AvgIpc) is 2.88. The monoisotopic (exact) mass is 486 g/mol. The molecular weight excluding hydrogens is 440 g/mol. The molecule has 0 spiro atoms. The lowest BCUT2D eigenvalue weighted by molar-refractivity contribution is 0.305. The molecule has 0 aromatic heterocycles. The molecular formula is C33H46N2O. The van der Waals surface area contributed by atoms with Crippen LogP contribution in [-0.2, 0) is 0 Å². The van der Waals surface area contributed by atoms with E-state index in [4.69, 9.17) is 4.74 Å². The van der Waals surface area contributed by atoms with Crippen molar-refractivity contribution < 1.29 is 4.74 Å². The summed E-state index contributed by atoms with van der Waals surface area (Å²) in [6, 6.07) is 18.7. The highest BCUT2D eigenvalue weighted by Crippen LogP contribution is 2.37. The summed E-state index contributed by atoms with van der Waals surface area (Å²) in [5.74, 6) is 0.821. The second-order valence-electron chi connectivity index (χ2n) is 10.2. The van der Waals surface area contributed by atoms with Crippen molar-refractivity contribution in [3.05, 3.63) is 65.7 Å². The lowest BCUT2D eigenvalue weighted by Gasteiger charge is -2.11. The number of azo groups is 1. The van der Waals surface area contributed by atoms with Gasteiger partial charge in [-0.1, -0.05) is 132 Å². The Kier molecular flexibility index (Phi) is 12.5. The Morgan fingerprint density at radius 1 is 0.639 bits per heavy atom. The molecule has 36 heavy (non-hydrogen) atoms. The summed E-state index contributed by atoms with van der Waals surface area (Å²) >= 11 is 0. The van der Waals surface area contributed by atoms with E-state index >= 15 is 0 Å². The fourth-order valence-electron chi connectivity index (χ4n) is 4.78. The molecule has 3 rings (SSSR count). The first-order valence-electron chi connectivity index (χ1n) is 14.3. The highest BCUT2D eigenvalue weighted by atomic mass is 16.5. The fraction of sp³-hybridized carbons (Fsp3) is 0.515. The Morgan fingerprint density at radius 2 is 1.28 bits per heavy atom. The molecule has 3 nitrogen and oxygen atoms in total. The van der Waals surface area contributed by atoms with Crippen molar-refractivity contribution >= 4 is 22.1 Å². The van der Waals surface area contributed by atoms with Gasteiger partial charge in [-0.3, -0.25) is 0 Å². The van der Waals surface area contributed by atoms with Crippen LogP contribution in [0.3, 0.4) is 0 Å². The molecule has 0 bridgehead atoms. The van der Waals surface area contributed by atoms with Crippen molar-refractivity contribution in [1.82, 2.24) is 0 Å². The second kappa shape index (κ2) is 16.1. The number of hydrogen-bond donors (Lipinski definition) is 0. The third-order valence-electron chi connectivity index (χ3n) is 6.98. The van der Waals surface area contributed by atoms with Gasteiger partial charge in [0.1, 0.15) is 11.4 Å². The van der Waals surface area contributed by atoms with E-state index < -0.39 is 0 Å². The summed E-state index contributed by atoms with van der Waals surface area (Å²) in [5.41, 5.74) is 4.09. The molecule has 0 aliphatic heterocycles. The third kappa shape index (κ3) is 9.41. The van der Waals surface area contributed by atoms with Crippen LogP contribution in [0, 0.1) is 13.8 Å². The van der Waals surface area contributed by atoms with Crippen LogP contribution in [0.1, 0.15) is 102 Å².